The van der Waals surface area contributed by atoms with Gasteiger partial charge in [-0.25, -0.2) is 4.79 Å². The van der Waals surface area contributed by atoms with Gasteiger partial charge in [0.1, 0.15) is 0 Å². The monoisotopic (exact) mass is 266 g/mol. The van der Waals surface area contributed by atoms with Gasteiger partial charge in [-0.3, -0.25) is 4.79 Å². The first-order valence-corrected chi connectivity index (χ1v) is 6.09. The van der Waals surface area contributed by atoms with Crippen LogP contribution in [0.1, 0.15) is 34.6 Å². The van der Waals surface area contributed by atoms with E-state index < -0.39 is 12.3 Å². The molecule has 0 saturated heterocycles. The first-order chi connectivity index (χ1) is 9.13. The molecule has 0 atom stereocenters. The topological polar surface area (TPSA) is 61.8 Å². The third-order valence-corrected chi connectivity index (χ3v) is 2.44. The van der Waals surface area contributed by atoms with Crippen molar-refractivity contribution in [1.82, 2.24) is 0 Å². The second-order valence-electron chi connectivity index (χ2n) is 3.68. The number of carbonyl (C=O) groups excluding carboxylic acids is 2. The zero-order chi connectivity index (χ0) is 14.3. The van der Waals surface area contributed by atoms with Crippen molar-refractivity contribution in [3.8, 4) is 0 Å². The van der Waals surface area contributed by atoms with Crippen LogP contribution in [0.25, 0.3) is 0 Å². The lowest BCUT2D eigenvalue weighted by atomic mass is 10.1. The molecule has 0 aliphatic rings. The van der Waals surface area contributed by atoms with Gasteiger partial charge in [0.2, 0.25) is 12.1 Å². The van der Waals surface area contributed by atoms with Crippen LogP contribution in [0.5, 0.6) is 0 Å². The maximum Gasteiger partial charge on any atom is 0.337 e. The minimum atomic E-state index is -0.904. The number of Topliss-reactive ketones (excluding diaryl/α,β-unsaturated/α-hetero) is 1. The van der Waals surface area contributed by atoms with Crippen LogP contribution in [0.3, 0.4) is 0 Å². The highest BCUT2D eigenvalue weighted by Gasteiger charge is 2.20. The SMILES string of the molecule is CCOC(OCC)C(=O)c1ccc(C(=O)OC)cc1. The van der Waals surface area contributed by atoms with Crippen molar-refractivity contribution in [3.05, 3.63) is 35.4 Å². The number of rotatable bonds is 7. The predicted molar refractivity (Wildman–Crippen MR) is 69.2 cm³/mol. The number of esters is 1. The smallest absolute Gasteiger partial charge is 0.337 e. The van der Waals surface area contributed by atoms with Gasteiger partial charge in [-0.1, -0.05) is 12.1 Å². The number of ketones is 1. The van der Waals surface area contributed by atoms with Crippen LogP contribution in [0.2, 0.25) is 0 Å². The van der Waals surface area contributed by atoms with Crippen LogP contribution in [0.15, 0.2) is 24.3 Å². The lowest BCUT2D eigenvalue weighted by molar-refractivity contribution is -0.107. The molecule has 0 radical (unpaired) electrons. The number of carbonyl (C=O) groups is 2. The molecule has 1 aromatic rings. The summed E-state index contributed by atoms with van der Waals surface area (Å²) in [6.07, 6.45) is -0.904. The molecule has 1 rings (SSSR count). The van der Waals surface area contributed by atoms with Gasteiger partial charge in [-0.15, -0.1) is 0 Å². The van der Waals surface area contributed by atoms with Crippen LogP contribution in [-0.2, 0) is 14.2 Å². The van der Waals surface area contributed by atoms with E-state index in [0.29, 0.717) is 24.3 Å². The van der Waals surface area contributed by atoms with E-state index in [1.807, 2.05) is 0 Å². The van der Waals surface area contributed by atoms with Crippen molar-refractivity contribution in [2.75, 3.05) is 20.3 Å². The molecule has 0 saturated carbocycles. The fourth-order valence-electron chi connectivity index (χ4n) is 1.53. The Morgan fingerprint density at radius 2 is 1.47 bits per heavy atom. The summed E-state index contributed by atoms with van der Waals surface area (Å²) in [5.41, 5.74) is 0.822. The van der Waals surface area contributed by atoms with E-state index in [4.69, 9.17) is 9.47 Å². The van der Waals surface area contributed by atoms with Gasteiger partial charge in [-0.2, -0.15) is 0 Å². The van der Waals surface area contributed by atoms with E-state index in [1.165, 1.54) is 19.2 Å². The van der Waals surface area contributed by atoms with Crippen molar-refractivity contribution in [2.24, 2.45) is 0 Å². The third kappa shape index (κ3) is 4.15. The lowest BCUT2D eigenvalue weighted by Gasteiger charge is -2.15. The molecular weight excluding hydrogens is 248 g/mol. The van der Waals surface area contributed by atoms with Crippen LogP contribution in [0, 0.1) is 0 Å². The quantitative estimate of drug-likeness (QED) is 0.429. The van der Waals surface area contributed by atoms with Crippen LogP contribution >= 0.6 is 0 Å². The first-order valence-electron chi connectivity index (χ1n) is 6.09. The summed E-state index contributed by atoms with van der Waals surface area (Å²) >= 11 is 0. The normalized spacial score (nSPS) is 10.5. The molecule has 0 N–H and O–H groups in total. The molecule has 5 heteroatoms. The van der Waals surface area contributed by atoms with Gasteiger partial charge < -0.3 is 14.2 Å². The number of methoxy groups -OCH3 is 1. The standard InChI is InChI=1S/C14H18O5/c1-4-18-14(19-5-2)12(15)10-6-8-11(9-7-10)13(16)17-3/h6-9,14H,4-5H2,1-3H3. The fraction of sp³-hybridized carbons (Fsp3) is 0.429. The summed E-state index contributed by atoms with van der Waals surface area (Å²) in [5.74, 6) is -0.703. The Morgan fingerprint density at radius 1 is 1.00 bits per heavy atom. The van der Waals surface area contributed by atoms with E-state index in [9.17, 15) is 9.59 Å². The minimum Gasteiger partial charge on any atom is -0.465 e. The van der Waals surface area contributed by atoms with Crippen molar-refractivity contribution < 1.29 is 23.8 Å². The molecule has 0 aliphatic carbocycles. The Labute approximate surface area is 112 Å². The zero-order valence-corrected chi connectivity index (χ0v) is 11.3. The van der Waals surface area contributed by atoms with Gasteiger partial charge in [0.25, 0.3) is 0 Å². The Morgan fingerprint density at radius 3 is 1.89 bits per heavy atom. The van der Waals surface area contributed by atoms with Gasteiger partial charge in [0, 0.05) is 18.8 Å². The Bertz CT molecular complexity index is 418. The van der Waals surface area contributed by atoms with Gasteiger partial charge in [0.15, 0.2) is 0 Å². The number of benzene rings is 1. The highest BCUT2D eigenvalue weighted by atomic mass is 16.7. The van der Waals surface area contributed by atoms with E-state index >= 15 is 0 Å². The minimum absolute atomic E-state index is 0.264. The molecule has 0 aromatic heterocycles. The molecule has 0 fully saturated rings. The molecule has 1 aromatic carbocycles. The van der Waals surface area contributed by atoms with Crippen molar-refractivity contribution in [3.63, 3.8) is 0 Å². The molecule has 0 aliphatic heterocycles. The molecule has 19 heavy (non-hydrogen) atoms. The highest BCUT2D eigenvalue weighted by molar-refractivity contribution is 5.99. The zero-order valence-electron chi connectivity index (χ0n) is 11.3. The molecule has 104 valence electrons. The molecule has 0 heterocycles. The van der Waals surface area contributed by atoms with Crippen molar-refractivity contribution in [1.29, 1.82) is 0 Å². The van der Waals surface area contributed by atoms with Gasteiger partial charge in [-0.05, 0) is 26.0 Å². The molecule has 0 bridgehead atoms. The van der Waals surface area contributed by atoms with Crippen LogP contribution < -0.4 is 0 Å². The highest BCUT2D eigenvalue weighted by Crippen LogP contribution is 2.11. The van der Waals surface area contributed by atoms with E-state index in [1.54, 1.807) is 26.0 Å². The molecule has 0 unspecified atom stereocenters. The largest absolute Gasteiger partial charge is 0.465 e. The molecule has 5 nitrogen and oxygen atoms in total. The third-order valence-electron chi connectivity index (χ3n) is 2.44. The predicted octanol–water partition coefficient (Wildman–Crippen LogP) is 2.06. The summed E-state index contributed by atoms with van der Waals surface area (Å²) in [6.45, 7) is 4.35. The van der Waals surface area contributed by atoms with Crippen molar-refractivity contribution >= 4 is 11.8 Å². The summed E-state index contributed by atoms with van der Waals surface area (Å²) in [7, 11) is 1.31. The Hall–Kier alpha value is -1.72. The fourth-order valence-corrected chi connectivity index (χ4v) is 1.53. The summed E-state index contributed by atoms with van der Waals surface area (Å²) < 4.78 is 15.1. The summed E-state index contributed by atoms with van der Waals surface area (Å²) in [6, 6.07) is 6.18. The second kappa shape index (κ2) is 7.66. The van der Waals surface area contributed by atoms with Crippen molar-refractivity contribution in [2.45, 2.75) is 20.1 Å². The first kappa shape index (κ1) is 15.3. The molecular formula is C14H18O5. The van der Waals surface area contributed by atoms with Crippen LogP contribution in [0.4, 0.5) is 0 Å². The number of ether oxygens (including phenoxy) is 3. The van der Waals surface area contributed by atoms with E-state index in [2.05, 4.69) is 4.74 Å². The molecule has 0 spiro atoms. The van der Waals surface area contributed by atoms with E-state index in [0.717, 1.165) is 0 Å². The lowest BCUT2D eigenvalue weighted by Crippen LogP contribution is -2.27. The maximum atomic E-state index is 12.1. The summed E-state index contributed by atoms with van der Waals surface area (Å²) in [4.78, 5) is 23.4. The maximum absolute atomic E-state index is 12.1. The number of hydrogen-bond donors (Lipinski definition) is 0. The van der Waals surface area contributed by atoms with E-state index in [-0.39, 0.29) is 5.78 Å². The average molecular weight is 266 g/mol. The average Bonchev–Trinajstić information content (AvgIpc) is 2.45. The number of hydrogen-bond acceptors (Lipinski definition) is 5. The van der Waals surface area contributed by atoms with Gasteiger partial charge in [0.05, 0.1) is 12.7 Å². The Kier molecular flexibility index (Phi) is 6.18. The second-order valence-corrected chi connectivity index (χ2v) is 3.68. The Balaban J connectivity index is 2.83. The summed E-state index contributed by atoms with van der Waals surface area (Å²) in [5, 5.41) is 0. The molecule has 0 amide bonds. The van der Waals surface area contributed by atoms with Crippen LogP contribution in [-0.4, -0.2) is 38.4 Å². The van der Waals surface area contributed by atoms with Gasteiger partial charge >= 0.3 is 5.97 Å².